The second kappa shape index (κ2) is 3.08. The fraction of sp³-hybridized carbons (Fsp3) is 0.538. The van der Waals surface area contributed by atoms with E-state index >= 15 is 0 Å². The van der Waals surface area contributed by atoms with Crippen molar-refractivity contribution in [1.29, 1.82) is 0 Å². The van der Waals surface area contributed by atoms with Crippen molar-refractivity contribution in [3.63, 3.8) is 0 Å². The van der Waals surface area contributed by atoms with Gasteiger partial charge in [-0.3, -0.25) is 0 Å². The monoisotopic (exact) mass is 192 g/mol. The number of fused-ring (bicyclic) bond motifs is 1. The lowest BCUT2D eigenvalue weighted by molar-refractivity contribution is 0.301. The van der Waals surface area contributed by atoms with Crippen LogP contribution in [0.3, 0.4) is 0 Å². The second-order valence-electron chi connectivity index (χ2n) is 4.96. The van der Waals surface area contributed by atoms with Crippen LogP contribution in [0.5, 0.6) is 0 Å². The molecule has 0 saturated heterocycles. The summed E-state index contributed by atoms with van der Waals surface area (Å²) in [5, 5.41) is 0. The van der Waals surface area contributed by atoms with E-state index < -0.39 is 0 Å². The fourth-order valence-electron chi connectivity index (χ4n) is 2.36. The Balaban J connectivity index is 2.55. The summed E-state index contributed by atoms with van der Waals surface area (Å²) in [5.41, 5.74) is 2.65. The molecule has 0 saturated carbocycles. The highest BCUT2D eigenvalue weighted by molar-refractivity contribution is 5.36. The molecule has 0 bridgehead atoms. The quantitative estimate of drug-likeness (QED) is 0.588. The van der Waals surface area contributed by atoms with E-state index in [0.29, 0.717) is 5.92 Å². The van der Waals surface area contributed by atoms with Crippen LogP contribution in [-0.4, -0.2) is 0 Å². The minimum absolute atomic E-state index is 0.106. The Morgan fingerprint density at radius 1 is 1.36 bits per heavy atom. The molecular formula is C13H17F. The minimum Gasteiger partial charge on any atom is -0.207 e. The largest absolute Gasteiger partial charge is 0.207 e. The molecule has 0 aromatic heterocycles. The third-order valence-electron chi connectivity index (χ3n) is 3.84. The highest BCUT2D eigenvalue weighted by atomic mass is 19.1. The van der Waals surface area contributed by atoms with Gasteiger partial charge in [-0.1, -0.05) is 26.8 Å². The third kappa shape index (κ3) is 1.35. The SMILES string of the molecule is CC1CCc2ccc(F)cc2C1(C)C. The van der Waals surface area contributed by atoms with Gasteiger partial charge in [0.2, 0.25) is 0 Å². The van der Waals surface area contributed by atoms with Crippen LogP contribution in [0.15, 0.2) is 18.2 Å². The molecule has 0 amide bonds. The van der Waals surface area contributed by atoms with Crippen molar-refractivity contribution in [2.45, 2.75) is 39.0 Å². The van der Waals surface area contributed by atoms with Gasteiger partial charge in [0.1, 0.15) is 5.82 Å². The Morgan fingerprint density at radius 3 is 2.79 bits per heavy atom. The van der Waals surface area contributed by atoms with Gasteiger partial charge in [0.25, 0.3) is 0 Å². The second-order valence-corrected chi connectivity index (χ2v) is 4.96. The third-order valence-corrected chi connectivity index (χ3v) is 3.84. The lowest BCUT2D eigenvalue weighted by atomic mass is 9.66. The molecule has 1 aromatic rings. The van der Waals surface area contributed by atoms with E-state index in [1.54, 1.807) is 12.1 Å². The summed E-state index contributed by atoms with van der Waals surface area (Å²) in [6.07, 6.45) is 2.31. The summed E-state index contributed by atoms with van der Waals surface area (Å²) in [5.74, 6) is 0.530. The molecule has 1 heteroatoms. The topological polar surface area (TPSA) is 0 Å². The molecule has 0 spiro atoms. The molecule has 1 atom stereocenters. The summed E-state index contributed by atoms with van der Waals surface area (Å²) in [6, 6.07) is 5.23. The van der Waals surface area contributed by atoms with Gasteiger partial charge in [-0.15, -0.1) is 0 Å². The van der Waals surface area contributed by atoms with E-state index in [4.69, 9.17) is 0 Å². The number of hydrogen-bond donors (Lipinski definition) is 0. The zero-order valence-corrected chi connectivity index (χ0v) is 9.10. The lowest BCUT2D eigenvalue weighted by Gasteiger charge is -2.38. The van der Waals surface area contributed by atoms with Crippen molar-refractivity contribution in [1.82, 2.24) is 0 Å². The van der Waals surface area contributed by atoms with Gasteiger partial charge < -0.3 is 0 Å². The Labute approximate surface area is 85.1 Å². The molecule has 1 aliphatic carbocycles. The maximum atomic E-state index is 13.2. The first-order valence-corrected chi connectivity index (χ1v) is 5.30. The van der Waals surface area contributed by atoms with Gasteiger partial charge in [0.05, 0.1) is 0 Å². The molecule has 1 unspecified atom stereocenters. The zero-order chi connectivity index (χ0) is 10.3. The van der Waals surface area contributed by atoms with Crippen LogP contribution >= 0.6 is 0 Å². The van der Waals surface area contributed by atoms with Crippen molar-refractivity contribution in [3.05, 3.63) is 35.1 Å². The van der Waals surface area contributed by atoms with E-state index in [2.05, 4.69) is 20.8 Å². The smallest absolute Gasteiger partial charge is 0.123 e. The predicted molar refractivity (Wildman–Crippen MR) is 56.9 cm³/mol. The van der Waals surface area contributed by atoms with E-state index in [0.717, 1.165) is 6.42 Å². The van der Waals surface area contributed by atoms with Gasteiger partial charge in [0.15, 0.2) is 0 Å². The van der Waals surface area contributed by atoms with Crippen LogP contribution in [0.4, 0.5) is 4.39 Å². The van der Waals surface area contributed by atoms with Crippen LogP contribution in [0.2, 0.25) is 0 Å². The summed E-state index contributed by atoms with van der Waals surface area (Å²) in [6.45, 7) is 6.69. The molecule has 14 heavy (non-hydrogen) atoms. The Bertz CT molecular complexity index is 352. The zero-order valence-electron chi connectivity index (χ0n) is 9.10. The van der Waals surface area contributed by atoms with Crippen LogP contribution in [0.25, 0.3) is 0 Å². The molecule has 1 aromatic carbocycles. The highest BCUT2D eigenvalue weighted by Crippen LogP contribution is 2.40. The van der Waals surface area contributed by atoms with E-state index in [9.17, 15) is 4.39 Å². The molecule has 76 valence electrons. The number of aryl methyl sites for hydroxylation is 1. The Morgan fingerprint density at radius 2 is 2.07 bits per heavy atom. The van der Waals surface area contributed by atoms with Gasteiger partial charge >= 0.3 is 0 Å². The van der Waals surface area contributed by atoms with E-state index in [-0.39, 0.29) is 11.2 Å². The first kappa shape index (κ1) is 9.70. The van der Waals surface area contributed by atoms with Crippen molar-refractivity contribution in [2.24, 2.45) is 5.92 Å². The van der Waals surface area contributed by atoms with Crippen LogP contribution in [0.1, 0.15) is 38.3 Å². The summed E-state index contributed by atoms with van der Waals surface area (Å²) in [4.78, 5) is 0. The molecule has 0 N–H and O–H groups in total. The summed E-state index contributed by atoms with van der Waals surface area (Å²) < 4.78 is 13.2. The molecule has 0 nitrogen and oxygen atoms in total. The van der Waals surface area contributed by atoms with Crippen molar-refractivity contribution < 1.29 is 4.39 Å². The summed E-state index contributed by atoms with van der Waals surface area (Å²) in [7, 11) is 0. The van der Waals surface area contributed by atoms with E-state index in [1.807, 2.05) is 6.07 Å². The summed E-state index contributed by atoms with van der Waals surface area (Å²) >= 11 is 0. The van der Waals surface area contributed by atoms with Crippen LogP contribution in [0, 0.1) is 11.7 Å². The number of halogens is 1. The van der Waals surface area contributed by atoms with Gasteiger partial charge in [-0.2, -0.15) is 0 Å². The lowest BCUT2D eigenvalue weighted by Crippen LogP contribution is -2.32. The molecule has 0 heterocycles. The number of benzene rings is 1. The molecule has 2 rings (SSSR count). The first-order valence-electron chi connectivity index (χ1n) is 5.30. The normalized spacial score (nSPS) is 24.4. The molecular weight excluding hydrogens is 175 g/mol. The molecule has 0 fully saturated rings. The standard InChI is InChI=1S/C13H17F/c1-9-4-5-10-6-7-11(14)8-12(10)13(9,2)3/h6-9H,4-5H2,1-3H3. The predicted octanol–water partition coefficient (Wildman–Crippen LogP) is 3.69. The number of rotatable bonds is 0. The molecule has 0 radical (unpaired) electrons. The van der Waals surface area contributed by atoms with Crippen molar-refractivity contribution in [2.75, 3.05) is 0 Å². The minimum atomic E-state index is -0.106. The molecule has 0 aliphatic heterocycles. The Hall–Kier alpha value is -0.850. The average molecular weight is 192 g/mol. The first-order chi connectivity index (χ1) is 6.51. The number of hydrogen-bond acceptors (Lipinski definition) is 0. The van der Waals surface area contributed by atoms with Crippen molar-refractivity contribution in [3.8, 4) is 0 Å². The fourth-order valence-corrected chi connectivity index (χ4v) is 2.36. The maximum Gasteiger partial charge on any atom is 0.123 e. The van der Waals surface area contributed by atoms with Gasteiger partial charge in [0, 0.05) is 0 Å². The average Bonchev–Trinajstić information content (AvgIpc) is 2.13. The van der Waals surface area contributed by atoms with Crippen molar-refractivity contribution >= 4 is 0 Å². The van der Waals surface area contributed by atoms with Gasteiger partial charge in [-0.25, -0.2) is 4.39 Å². The highest BCUT2D eigenvalue weighted by Gasteiger charge is 2.33. The van der Waals surface area contributed by atoms with Crippen LogP contribution in [-0.2, 0) is 11.8 Å². The molecule has 1 aliphatic rings. The Kier molecular flexibility index (Phi) is 2.13. The van der Waals surface area contributed by atoms with Gasteiger partial charge in [-0.05, 0) is 47.4 Å². The van der Waals surface area contributed by atoms with Crippen LogP contribution < -0.4 is 0 Å². The van der Waals surface area contributed by atoms with E-state index in [1.165, 1.54) is 17.5 Å². The maximum absolute atomic E-state index is 13.2.